The van der Waals surface area contributed by atoms with Gasteiger partial charge in [-0.1, -0.05) is 42.5 Å². The standard InChI is InChI=1S/C11H12N4/c12-11(13)15-14-9-5-4-8-10-6-2-1-3-7-10/h1-9H,(H3,12,13). The van der Waals surface area contributed by atoms with Crippen LogP contribution in [-0.2, 0) is 0 Å². The second-order valence-electron chi connectivity index (χ2n) is 2.71. The topological polar surface area (TPSA) is 74.6 Å². The molecule has 76 valence electrons. The number of hydrogen-bond acceptors (Lipinski definition) is 2. The lowest BCUT2D eigenvalue weighted by Crippen LogP contribution is -2.03. The number of allylic oxidation sites excluding steroid dienone is 2. The minimum Gasteiger partial charge on any atom is -0.367 e. The first-order chi connectivity index (χ1) is 7.29. The fourth-order valence-electron chi connectivity index (χ4n) is 0.915. The van der Waals surface area contributed by atoms with E-state index in [0.717, 1.165) is 5.56 Å². The van der Waals surface area contributed by atoms with E-state index < -0.39 is 0 Å². The molecule has 0 saturated heterocycles. The molecule has 0 radical (unpaired) electrons. The molecule has 0 aliphatic heterocycles. The molecule has 0 atom stereocenters. The highest BCUT2D eigenvalue weighted by Gasteiger charge is 1.79. The summed E-state index contributed by atoms with van der Waals surface area (Å²) in [6, 6.07) is 9.91. The summed E-state index contributed by atoms with van der Waals surface area (Å²) in [6.45, 7) is 0. The molecule has 0 saturated carbocycles. The highest BCUT2D eigenvalue weighted by Crippen LogP contribution is 2.00. The molecule has 0 aliphatic carbocycles. The first kappa shape index (κ1) is 10.8. The number of benzene rings is 1. The molecule has 4 nitrogen and oxygen atoms in total. The number of hydrogen-bond donors (Lipinski definition) is 2. The third-order valence-electron chi connectivity index (χ3n) is 1.52. The first-order valence-electron chi connectivity index (χ1n) is 4.42. The van der Waals surface area contributed by atoms with Gasteiger partial charge in [0.1, 0.15) is 0 Å². The summed E-state index contributed by atoms with van der Waals surface area (Å²) in [5.41, 5.74) is 6.09. The van der Waals surface area contributed by atoms with Gasteiger partial charge < -0.3 is 5.73 Å². The van der Waals surface area contributed by atoms with Crippen molar-refractivity contribution in [1.29, 1.82) is 5.41 Å². The Morgan fingerprint density at radius 3 is 2.60 bits per heavy atom. The van der Waals surface area contributed by atoms with Gasteiger partial charge in [-0.25, -0.2) is 0 Å². The van der Waals surface area contributed by atoms with Crippen molar-refractivity contribution in [2.45, 2.75) is 0 Å². The molecule has 0 heterocycles. The fourth-order valence-corrected chi connectivity index (χ4v) is 0.915. The summed E-state index contributed by atoms with van der Waals surface area (Å²) in [7, 11) is 0. The number of rotatable bonds is 3. The molecule has 4 heteroatoms. The van der Waals surface area contributed by atoms with Gasteiger partial charge >= 0.3 is 0 Å². The van der Waals surface area contributed by atoms with E-state index in [4.69, 9.17) is 11.1 Å². The van der Waals surface area contributed by atoms with Crippen LogP contribution in [0.4, 0.5) is 0 Å². The lowest BCUT2D eigenvalue weighted by molar-refractivity contribution is 1.21. The number of nitrogens with zero attached hydrogens (tertiary/aromatic N) is 2. The van der Waals surface area contributed by atoms with E-state index in [0.29, 0.717) is 0 Å². The smallest absolute Gasteiger partial charge is 0.232 e. The minimum atomic E-state index is -0.299. The van der Waals surface area contributed by atoms with Gasteiger partial charge in [-0.15, -0.1) is 5.11 Å². The van der Waals surface area contributed by atoms with Crippen LogP contribution in [0.2, 0.25) is 0 Å². The molecule has 15 heavy (non-hydrogen) atoms. The van der Waals surface area contributed by atoms with Crippen LogP contribution >= 0.6 is 0 Å². The minimum absolute atomic E-state index is 0.299. The number of nitrogens with two attached hydrogens (primary N) is 1. The maximum absolute atomic E-state index is 6.77. The van der Waals surface area contributed by atoms with Crippen molar-refractivity contribution in [3.63, 3.8) is 0 Å². The van der Waals surface area contributed by atoms with Crippen LogP contribution < -0.4 is 5.73 Å². The van der Waals surface area contributed by atoms with E-state index in [1.54, 1.807) is 6.08 Å². The molecule has 1 aromatic rings. The quantitative estimate of drug-likeness (QED) is 0.334. The fraction of sp³-hybridized carbons (Fsp3) is 0. The summed E-state index contributed by atoms with van der Waals surface area (Å²) in [5.74, 6) is -0.299. The Hall–Kier alpha value is -2.23. The van der Waals surface area contributed by atoms with Crippen molar-refractivity contribution in [2.24, 2.45) is 16.0 Å². The van der Waals surface area contributed by atoms with Crippen LogP contribution in [-0.4, -0.2) is 5.96 Å². The summed E-state index contributed by atoms with van der Waals surface area (Å²) in [5, 5.41) is 13.7. The van der Waals surface area contributed by atoms with E-state index in [1.807, 2.05) is 42.5 Å². The largest absolute Gasteiger partial charge is 0.367 e. The Bertz CT molecular complexity index is 390. The van der Waals surface area contributed by atoms with Gasteiger partial charge in [0.15, 0.2) is 0 Å². The number of nitrogens with one attached hydrogen (secondary N) is 1. The molecule has 0 amide bonds. The van der Waals surface area contributed by atoms with E-state index in [-0.39, 0.29) is 5.96 Å². The maximum atomic E-state index is 6.77. The Morgan fingerprint density at radius 2 is 1.93 bits per heavy atom. The predicted molar refractivity (Wildman–Crippen MR) is 61.4 cm³/mol. The zero-order valence-corrected chi connectivity index (χ0v) is 8.17. The van der Waals surface area contributed by atoms with Crippen LogP contribution in [0.25, 0.3) is 6.08 Å². The van der Waals surface area contributed by atoms with Gasteiger partial charge in [0.25, 0.3) is 0 Å². The van der Waals surface area contributed by atoms with Crippen molar-refractivity contribution in [1.82, 2.24) is 0 Å². The Balaban J connectivity index is 2.44. The van der Waals surface area contributed by atoms with Crippen LogP contribution in [0.1, 0.15) is 5.56 Å². The average Bonchev–Trinajstić information content (AvgIpc) is 2.24. The van der Waals surface area contributed by atoms with Gasteiger partial charge in [-0.05, 0) is 11.6 Å². The average molecular weight is 200 g/mol. The van der Waals surface area contributed by atoms with Crippen LogP contribution in [0, 0.1) is 5.41 Å². The second-order valence-corrected chi connectivity index (χ2v) is 2.71. The summed E-state index contributed by atoms with van der Waals surface area (Å²) in [4.78, 5) is 0. The SMILES string of the molecule is N=C(N)N=NC=CC=Cc1ccccc1. The molecule has 1 rings (SSSR count). The van der Waals surface area contributed by atoms with Crippen molar-refractivity contribution in [2.75, 3.05) is 0 Å². The number of azo groups is 1. The van der Waals surface area contributed by atoms with Gasteiger partial charge in [-0.3, -0.25) is 5.41 Å². The third-order valence-corrected chi connectivity index (χ3v) is 1.52. The van der Waals surface area contributed by atoms with Crippen molar-refractivity contribution in [3.05, 3.63) is 54.2 Å². The molecule has 0 aliphatic rings. The second kappa shape index (κ2) is 6.26. The zero-order valence-electron chi connectivity index (χ0n) is 8.17. The Kier molecular flexibility index (Phi) is 4.53. The molecule has 1 aromatic carbocycles. The molecule has 0 spiro atoms. The summed E-state index contributed by atoms with van der Waals surface area (Å²) < 4.78 is 0. The van der Waals surface area contributed by atoms with Gasteiger partial charge in [-0.2, -0.15) is 5.11 Å². The first-order valence-corrected chi connectivity index (χ1v) is 4.42. The molecule has 3 N–H and O–H groups in total. The monoisotopic (exact) mass is 200 g/mol. The molecule has 0 aromatic heterocycles. The summed E-state index contributed by atoms with van der Waals surface area (Å²) in [6.07, 6.45) is 6.98. The van der Waals surface area contributed by atoms with Crippen LogP contribution in [0.5, 0.6) is 0 Å². The molecular weight excluding hydrogens is 188 g/mol. The van der Waals surface area contributed by atoms with E-state index >= 15 is 0 Å². The lowest BCUT2D eigenvalue weighted by Gasteiger charge is -1.87. The van der Waals surface area contributed by atoms with Crippen molar-refractivity contribution >= 4 is 12.0 Å². The molecule has 0 unspecified atom stereocenters. The van der Waals surface area contributed by atoms with Crippen molar-refractivity contribution in [3.8, 4) is 0 Å². The van der Waals surface area contributed by atoms with Gasteiger partial charge in [0.05, 0.1) is 0 Å². The normalized spacial score (nSPS) is 11.7. The molecular formula is C11H12N4. The summed E-state index contributed by atoms with van der Waals surface area (Å²) >= 11 is 0. The van der Waals surface area contributed by atoms with Crippen molar-refractivity contribution < 1.29 is 0 Å². The Labute approximate surface area is 88.3 Å². The molecule has 0 fully saturated rings. The number of guanidine groups is 1. The van der Waals surface area contributed by atoms with Crippen LogP contribution in [0.3, 0.4) is 0 Å². The van der Waals surface area contributed by atoms with E-state index in [9.17, 15) is 0 Å². The van der Waals surface area contributed by atoms with Gasteiger partial charge in [0, 0.05) is 6.20 Å². The lowest BCUT2D eigenvalue weighted by atomic mass is 10.2. The highest BCUT2D eigenvalue weighted by molar-refractivity contribution is 5.74. The predicted octanol–water partition coefficient (Wildman–Crippen LogP) is 2.56. The van der Waals surface area contributed by atoms with E-state index in [2.05, 4.69) is 10.2 Å². The van der Waals surface area contributed by atoms with Crippen LogP contribution in [0.15, 0.2) is 58.9 Å². The highest BCUT2D eigenvalue weighted by atomic mass is 15.2. The Morgan fingerprint density at radius 1 is 1.20 bits per heavy atom. The zero-order chi connectivity index (χ0) is 10.9. The van der Waals surface area contributed by atoms with Gasteiger partial charge in [0.2, 0.25) is 5.96 Å². The molecule has 0 bridgehead atoms. The maximum Gasteiger partial charge on any atom is 0.232 e. The van der Waals surface area contributed by atoms with E-state index in [1.165, 1.54) is 6.20 Å². The third kappa shape index (κ3) is 5.15.